The van der Waals surface area contributed by atoms with E-state index >= 15 is 0 Å². The van der Waals surface area contributed by atoms with E-state index in [1.54, 1.807) is 11.0 Å². The van der Waals surface area contributed by atoms with E-state index in [9.17, 15) is 4.79 Å². The van der Waals surface area contributed by atoms with Gasteiger partial charge in [0, 0.05) is 18.5 Å². The van der Waals surface area contributed by atoms with Crippen molar-refractivity contribution in [3.8, 4) is 11.5 Å². The molecule has 0 spiro atoms. The highest BCUT2D eigenvalue weighted by Crippen LogP contribution is 2.34. The van der Waals surface area contributed by atoms with Crippen LogP contribution >= 0.6 is 12.2 Å². The number of carbonyl (C=O) groups excluding carboxylic acids is 1. The number of nitrogens with one attached hydrogen (secondary N) is 1. The first-order chi connectivity index (χ1) is 11.2. The second kappa shape index (κ2) is 7.00. The summed E-state index contributed by atoms with van der Waals surface area (Å²) in [6.07, 6.45) is 4.58. The van der Waals surface area contributed by atoms with Crippen molar-refractivity contribution < 1.29 is 14.3 Å². The molecule has 2 aliphatic rings. The number of thiocarbonyl (C=S) groups is 1. The SMILES string of the molecule is CCCCN1C(=O)/C(=C/c2cccc3c2OCCCO3)NC1=S. The third-order valence-corrected chi connectivity index (χ3v) is 4.12. The molecule has 1 amide bonds. The van der Waals surface area contributed by atoms with E-state index in [-0.39, 0.29) is 5.91 Å². The number of amides is 1. The van der Waals surface area contributed by atoms with E-state index in [4.69, 9.17) is 21.7 Å². The summed E-state index contributed by atoms with van der Waals surface area (Å²) in [5.74, 6) is 1.31. The zero-order valence-electron chi connectivity index (χ0n) is 13.1. The van der Waals surface area contributed by atoms with Gasteiger partial charge in [-0.05, 0) is 30.8 Å². The predicted molar refractivity (Wildman–Crippen MR) is 92.4 cm³/mol. The number of ether oxygens (including phenoxy) is 2. The molecule has 1 saturated heterocycles. The quantitative estimate of drug-likeness (QED) is 0.679. The number of unbranched alkanes of at least 4 members (excludes halogenated alkanes) is 1. The minimum absolute atomic E-state index is 0.0874. The summed E-state index contributed by atoms with van der Waals surface area (Å²) in [5, 5.41) is 3.47. The first-order valence-corrected chi connectivity index (χ1v) is 8.34. The number of benzene rings is 1. The van der Waals surface area contributed by atoms with Crippen molar-refractivity contribution in [3.05, 3.63) is 29.5 Å². The van der Waals surface area contributed by atoms with Gasteiger partial charge in [0.15, 0.2) is 16.6 Å². The Bertz CT molecular complexity index is 657. The Morgan fingerprint density at radius 1 is 1.35 bits per heavy atom. The number of rotatable bonds is 4. The number of hydrogen-bond donors (Lipinski definition) is 1. The van der Waals surface area contributed by atoms with E-state index in [1.165, 1.54) is 0 Å². The Kier molecular flexibility index (Phi) is 4.81. The highest BCUT2D eigenvalue weighted by atomic mass is 32.1. The Morgan fingerprint density at radius 2 is 2.17 bits per heavy atom. The summed E-state index contributed by atoms with van der Waals surface area (Å²) in [4.78, 5) is 14.1. The van der Waals surface area contributed by atoms with Crippen LogP contribution in [0.4, 0.5) is 0 Å². The van der Waals surface area contributed by atoms with Gasteiger partial charge in [0.2, 0.25) is 0 Å². The van der Waals surface area contributed by atoms with Gasteiger partial charge in [-0.2, -0.15) is 0 Å². The van der Waals surface area contributed by atoms with Gasteiger partial charge in [0.05, 0.1) is 13.2 Å². The molecule has 5 nitrogen and oxygen atoms in total. The number of nitrogens with zero attached hydrogens (tertiary/aromatic N) is 1. The molecule has 23 heavy (non-hydrogen) atoms. The van der Waals surface area contributed by atoms with Crippen molar-refractivity contribution in [2.75, 3.05) is 19.8 Å². The molecule has 0 aliphatic carbocycles. The van der Waals surface area contributed by atoms with Crippen LogP contribution in [-0.4, -0.2) is 35.7 Å². The van der Waals surface area contributed by atoms with Gasteiger partial charge < -0.3 is 14.8 Å². The Morgan fingerprint density at radius 3 is 3.00 bits per heavy atom. The van der Waals surface area contributed by atoms with Crippen LogP contribution in [0.3, 0.4) is 0 Å². The van der Waals surface area contributed by atoms with Gasteiger partial charge >= 0.3 is 0 Å². The molecule has 2 aliphatic heterocycles. The molecule has 1 fully saturated rings. The molecule has 1 N–H and O–H groups in total. The van der Waals surface area contributed by atoms with Gasteiger partial charge in [-0.25, -0.2) is 0 Å². The van der Waals surface area contributed by atoms with Crippen LogP contribution in [0.2, 0.25) is 0 Å². The third-order valence-electron chi connectivity index (χ3n) is 3.80. The molecule has 0 saturated carbocycles. The highest BCUT2D eigenvalue weighted by molar-refractivity contribution is 7.80. The van der Waals surface area contributed by atoms with E-state index < -0.39 is 0 Å². The summed E-state index contributed by atoms with van der Waals surface area (Å²) in [7, 11) is 0. The molecule has 0 unspecified atom stereocenters. The fraction of sp³-hybridized carbons (Fsp3) is 0.412. The summed E-state index contributed by atoms with van der Waals surface area (Å²) in [6, 6.07) is 5.68. The zero-order valence-corrected chi connectivity index (χ0v) is 13.9. The van der Waals surface area contributed by atoms with Crippen LogP contribution in [0.1, 0.15) is 31.7 Å². The smallest absolute Gasteiger partial charge is 0.276 e. The minimum Gasteiger partial charge on any atom is -0.490 e. The van der Waals surface area contributed by atoms with Crippen LogP contribution < -0.4 is 14.8 Å². The number of para-hydroxylation sites is 1. The minimum atomic E-state index is -0.0874. The van der Waals surface area contributed by atoms with Crippen molar-refractivity contribution in [1.29, 1.82) is 0 Å². The summed E-state index contributed by atoms with van der Waals surface area (Å²) >= 11 is 5.26. The summed E-state index contributed by atoms with van der Waals surface area (Å²) in [5.41, 5.74) is 1.30. The maximum atomic E-state index is 12.5. The average molecular weight is 332 g/mol. The first-order valence-electron chi connectivity index (χ1n) is 7.94. The molecule has 2 heterocycles. The molecule has 0 atom stereocenters. The number of fused-ring (bicyclic) bond motifs is 1. The van der Waals surface area contributed by atoms with Crippen LogP contribution in [0.15, 0.2) is 23.9 Å². The topological polar surface area (TPSA) is 50.8 Å². The molecule has 1 aromatic carbocycles. The molecule has 0 bridgehead atoms. The lowest BCUT2D eigenvalue weighted by molar-refractivity contribution is -0.122. The van der Waals surface area contributed by atoms with Gasteiger partial charge in [-0.3, -0.25) is 9.69 Å². The monoisotopic (exact) mass is 332 g/mol. The van der Waals surface area contributed by atoms with Gasteiger partial charge in [-0.15, -0.1) is 0 Å². The summed E-state index contributed by atoms with van der Waals surface area (Å²) in [6.45, 7) is 3.98. The average Bonchev–Trinajstić information content (AvgIpc) is 2.73. The van der Waals surface area contributed by atoms with E-state index in [2.05, 4.69) is 12.2 Å². The van der Waals surface area contributed by atoms with Crippen molar-refractivity contribution in [3.63, 3.8) is 0 Å². The lowest BCUT2D eigenvalue weighted by atomic mass is 10.1. The number of carbonyl (C=O) groups is 1. The molecule has 6 heteroatoms. The van der Waals surface area contributed by atoms with E-state index in [0.29, 0.717) is 42.1 Å². The van der Waals surface area contributed by atoms with Crippen molar-refractivity contribution in [2.45, 2.75) is 26.2 Å². The molecule has 3 rings (SSSR count). The molecular formula is C17H20N2O3S. The van der Waals surface area contributed by atoms with Crippen molar-refractivity contribution in [1.82, 2.24) is 10.2 Å². The van der Waals surface area contributed by atoms with Crippen LogP contribution in [-0.2, 0) is 4.79 Å². The fourth-order valence-corrected chi connectivity index (χ4v) is 2.86. The lowest BCUT2D eigenvalue weighted by Gasteiger charge is -2.12. The largest absolute Gasteiger partial charge is 0.490 e. The molecule has 1 aromatic rings. The molecular weight excluding hydrogens is 312 g/mol. The van der Waals surface area contributed by atoms with Crippen LogP contribution in [0, 0.1) is 0 Å². The second-order valence-electron chi connectivity index (χ2n) is 5.52. The van der Waals surface area contributed by atoms with Crippen molar-refractivity contribution in [2.24, 2.45) is 0 Å². The zero-order chi connectivity index (χ0) is 16.2. The standard InChI is InChI=1S/C17H20N2O3S/c1-2-3-8-19-16(20)13(18-17(19)23)11-12-6-4-7-14-15(12)22-10-5-9-21-14/h4,6-7,11H,2-3,5,8-10H2,1H3,(H,18,23)/b13-11-. The normalized spacial score (nSPS) is 19.0. The van der Waals surface area contributed by atoms with Crippen molar-refractivity contribution >= 4 is 29.3 Å². The van der Waals surface area contributed by atoms with Gasteiger partial charge in [-0.1, -0.05) is 25.5 Å². The highest BCUT2D eigenvalue weighted by Gasteiger charge is 2.30. The van der Waals surface area contributed by atoms with Crippen LogP contribution in [0.5, 0.6) is 11.5 Å². The fourth-order valence-electron chi connectivity index (χ4n) is 2.58. The molecule has 0 aromatic heterocycles. The number of hydrogen-bond acceptors (Lipinski definition) is 4. The van der Waals surface area contributed by atoms with E-state index in [1.807, 2.05) is 18.2 Å². The lowest BCUT2D eigenvalue weighted by Crippen LogP contribution is -2.31. The molecule has 122 valence electrons. The second-order valence-corrected chi connectivity index (χ2v) is 5.91. The van der Waals surface area contributed by atoms with E-state index in [0.717, 1.165) is 24.8 Å². The Hall–Kier alpha value is -2.08. The predicted octanol–water partition coefficient (Wildman–Crippen LogP) is 2.71. The van der Waals surface area contributed by atoms with Gasteiger partial charge in [0.1, 0.15) is 5.70 Å². The third kappa shape index (κ3) is 3.32. The first kappa shape index (κ1) is 15.8. The van der Waals surface area contributed by atoms with Gasteiger partial charge in [0.25, 0.3) is 5.91 Å². The molecule has 0 radical (unpaired) electrons. The Balaban J connectivity index is 1.88. The maximum Gasteiger partial charge on any atom is 0.276 e. The van der Waals surface area contributed by atoms with Crippen LogP contribution in [0.25, 0.3) is 6.08 Å². The summed E-state index contributed by atoms with van der Waals surface area (Å²) < 4.78 is 11.5. The Labute approximate surface area is 141 Å². The maximum absolute atomic E-state index is 12.5.